The van der Waals surface area contributed by atoms with Gasteiger partial charge in [-0.25, -0.2) is 0 Å². The molecule has 1 aromatic rings. The summed E-state index contributed by atoms with van der Waals surface area (Å²) in [7, 11) is 0. The summed E-state index contributed by atoms with van der Waals surface area (Å²) in [5.41, 5.74) is 3.65. The van der Waals surface area contributed by atoms with Gasteiger partial charge in [-0.1, -0.05) is 6.07 Å². The molecule has 0 aromatic heterocycles. The molecule has 2 nitrogen and oxygen atoms in total. The van der Waals surface area contributed by atoms with E-state index in [2.05, 4.69) is 26.8 Å². The topological polar surface area (TPSA) is 29.5 Å². The number of rotatable bonds is 4. The van der Waals surface area contributed by atoms with Gasteiger partial charge in [-0.05, 0) is 50.5 Å². The first-order valence-electron chi connectivity index (χ1n) is 5.39. The number of aliphatic hydroxyl groups is 1. The van der Waals surface area contributed by atoms with E-state index in [1.165, 1.54) is 16.7 Å². The van der Waals surface area contributed by atoms with Crippen LogP contribution in [0.15, 0.2) is 12.1 Å². The summed E-state index contributed by atoms with van der Waals surface area (Å²) < 4.78 is 5.65. The largest absolute Gasteiger partial charge is 0.493 e. The van der Waals surface area contributed by atoms with E-state index in [0.717, 1.165) is 5.75 Å². The van der Waals surface area contributed by atoms with Crippen LogP contribution < -0.4 is 4.74 Å². The number of hydrogen-bond donors (Lipinski definition) is 1. The highest BCUT2D eigenvalue weighted by Crippen LogP contribution is 2.23. The number of benzene rings is 1. The summed E-state index contributed by atoms with van der Waals surface area (Å²) in [6.45, 7) is 8.56. The van der Waals surface area contributed by atoms with Crippen LogP contribution in [0.2, 0.25) is 0 Å². The molecule has 0 bridgehead atoms. The van der Waals surface area contributed by atoms with Crippen molar-refractivity contribution < 1.29 is 9.84 Å². The molecule has 1 unspecified atom stereocenters. The van der Waals surface area contributed by atoms with Crippen molar-refractivity contribution in [3.05, 3.63) is 28.8 Å². The zero-order valence-electron chi connectivity index (χ0n) is 10.0. The van der Waals surface area contributed by atoms with Crippen molar-refractivity contribution in [1.82, 2.24) is 0 Å². The van der Waals surface area contributed by atoms with E-state index in [1.54, 1.807) is 6.92 Å². The highest BCUT2D eigenvalue weighted by Gasteiger charge is 2.04. The Morgan fingerprint density at radius 2 is 1.93 bits per heavy atom. The second kappa shape index (κ2) is 5.17. The SMILES string of the molecule is Cc1cc(C)c(C)c(OCCC(C)O)c1. The molecule has 0 aliphatic rings. The lowest BCUT2D eigenvalue weighted by Crippen LogP contribution is -2.08. The molecule has 0 radical (unpaired) electrons. The van der Waals surface area contributed by atoms with E-state index in [9.17, 15) is 0 Å². The quantitative estimate of drug-likeness (QED) is 0.824. The summed E-state index contributed by atoms with van der Waals surface area (Å²) in [6, 6.07) is 4.20. The van der Waals surface area contributed by atoms with Gasteiger partial charge in [0.25, 0.3) is 0 Å². The molecule has 0 heterocycles. The molecule has 0 amide bonds. The molecule has 0 spiro atoms. The van der Waals surface area contributed by atoms with Crippen molar-refractivity contribution in [3.63, 3.8) is 0 Å². The van der Waals surface area contributed by atoms with Gasteiger partial charge in [0.05, 0.1) is 12.7 Å². The molecular formula is C13H20O2. The summed E-state index contributed by atoms with van der Waals surface area (Å²) in [4.78, 5) is 0. The van der Waals surface area contributed by atoms with Gasteiger partial charge in [0, 0.05) is 6.42 Å². The molecule has 0 saturated carbocycles. The Hall–Kier alpha value is -1.02. The molecule has 2 heteroatoms. The number of hydrogen-bond acceptors (Lipinski definition) is 2. The van der Waals surface area contributed by atoms with Crippen LogP contribution in [0.4, 0.5) is 0 Å². The molecule has 1 aromatic carbocycles. The molecule has 0 saturated heterocycles. The first-order valence-corrected chi connectivity index (χ1v) is 5.39. The third-order valence-corrected chi connectivity index (χ3v) is 2.56. The monoisotopic (exact) mass is 208 g/mol. The molecule has 0 aliphatic carbocycles. The van der Waals surface area contributed by atoms with Gasteiger partial charge in [-0.3, -0.25) is 0 Å². The average molecular weight is 208 g/mol. The van der Waals surface area contributed by atoms with Gasteiger partial charge >= 0.3 is 0 Å². The molecule has 0 aliphatic heterocycles. The van der Waals surface area contributed by atoms with Crippen LogP contribution in [-0.2, 0) is 0 Å². The first kappa shape index (κ1) is 12.1. The zero-order valence-corrected chi connectivity index (χ0v) is 10.0. The third kappa shape index (κ3) is 3.56. The van der Waals surface area contributed by atoms with Crippen molar-refractivity contribution in [2.75, 3.05) is 6.61 Å². The van der Waals surface area contributed by atoms with Crippen molar-refractivity contribution in [3.8, 4) is 5.75 Å². The highest BCUT2D eigenvalue weighted by molar-refractivity contribution is 5.41. The maximum atomic E-state index is 9.13. The Balaban J connectivity index is 2.68. The number of aliphatic hydroxyl groups excluding tert-OH is 1. The zero-order chi connectivity index (χ0) is 11.4. The van der Waals surface area contributed by atoms with Crippen LogP contribution in [-0.4, -0.2) is 17.8 Å². The van der Waals surface area contributed by atoms with Crippen LogP contribution >= 0.6 is 0 Å². The summed E-state index contributed by atoms with van der Waals surface area (Å²) in [5.74, 6) is 0.938. The predicted octanol–water partition coefficient (Wildman–Crippen LogP) is 2.76. The fraction of sp³-hybridized carbons (Fsp3) is 0.538. The van der Waals surface area contributed by atoms with Crippen LogP contribution in [0.3, 0.4) is 0 Å². The van der Waals surface area contributed by atoms with Crippen molar-refractivity contribution in [2.24, 2.45) is 0 Å². The molecular weight excluding hydrogens is 188 g/mol. The van der Waals surface area contributed by atoms with Gasteiger partial charge < -0.3 is 9.84 Å². The fourth-order valence-corrected chi connectivity index (χ4v) is 1.49. The average Bonchev–Trinajstić information content (AvgIpc) is 2.12. The van der Waals surface area contributed by atoms with Gasteiger partial charge in [-0.15, -0.1) is 0 Å². The lowest BCUT2D eigenvalue weighted by molar-refractivity contribution is 0.155. The smallest absolute Gasteiger partial charge is 0.122 e. The van der Waals surface area contributed by atoms with Crippen molar-refractivity contribution in [2.45, 2.75) is 40.2 Å². The van der Waals surface area contributed by atoms with Crippen LogP contribution in [0.25, 0.3) is 0 Å². The highest BCUT2D eigenvalue weighted by atomic mass is 16.5. The number of aryl methyl sites for hydroxylation is 2. The summed E-state index contributed by atoms with van der Waals surface area (Å²) >= 11 is 0. The molecule has 1 N–H and O–H groups in total. The Morgan fingerprint density at radius 3 is 2.53 bits per heavy atom. The van der Waals surface area contributed by atoms with Crippen LogP contribution in [0.5, 0.6) is 5.75 Å². The lowest BCUT2D eigenvalue weighted by Gasteiger charge is -2.12. The van der Waals surface area contributed by atoms with E-state index in [-0.39, 0.29) is 6.10 Å². The van der Waals surface area contributed by atoms with Crippen LogP contribution in [0.1, 0.15) is 30.0 Å². The van der Waals surface area contributed by atoms with E-state index in [0.29, 0.717) is 13.0 Å². The Labute approximate surface area is 91.9 Å². The Morgan fingerprint density at radius 1 is 1.27 bits per heavy atom. The van der Waals surface area contributed by atoms with Gasteiger partial charge in [0.2, 0.25) is 0 Å². The molecule has 1 atom stereocenters. The van der Waals surface area contributed by atoms with Gasteiger partial charge in [-0.2, -0.15) is 0 Å². The maximum absolute atomic E-state index is 9.13. The van der Waals surface area contributed by atoms with E-state index in [4.69, 9.17) is 9.84 Å². The second-order valence-electron chi connectivity index (χ2n) is 4.19. The lowest BCUT2D eigenvalue weighted by atomic mass is 10.1. The fourth-order valence-electron chi connectivity index (χ4n) is 1.49. The Bertz CT molecular complexity index is 330. The molecule has 15 heavy (non-hydrogen) atoms. The summed E-state index contributed by atoms with van der Waals surface area (Å²) in [6.07, 6.45) is 0.378. The minimum absolute atomic E-state index is 0.295. The standard InChI is InChI=1S/C13H20O2/c1-9-7-10(2)12(4)13(8-9)15-6-5-11(3)14/h7-8,11,14H,5-6H2,1-4H3. The van der Waals surface area contributed by atoms with Gasteiger partial charge in [0.15, 0.2) is 0 Å². The van der Waals surface area contributed by atoms with Crippen molar-refractivity contribution >= 4 is 0 Å². The van der Waals surface area contributed by atoms with E-state index in [1.807, 2.05) is 6.07 Å². The van der Waals surface area contributed by atoms with E-state index < -0.39 is 0 Å². The molecule has 0 fully saturated rings. The van der Waals surface area contributed by atoms with Crippen molar-refractivity contribution in [1.29, 1.82) is 0 Å². The Kier molecular flexibility index (Phi) is 4.15. The van der Waals surface area contributed by atoms with Crippen LogP contribution in [0, 0.1) is 20.8 Å². The first-order chi connectivity index (χ1) is 7.00. The molecule has 84 valence electrons. The van der Waals surface area contributed by atoms with E-state index >= 15 is 0 Å². The minimum atomic E-state index is -0.295. The summed E-state index contributed by atoms with van der Waals surface area (Å²) in [5, 5.41) is 9.13. The normalized spacial score (nSPS) is 12.6. The second-order valence-corrected chi connectivity index (χ2v) is 4.19. The predicted molar refractivity (Wildman–Crippen MR) is 62.4 cm³/mol. The maximum Gasteiger partial charge on any atom is 0.122 e. The van der Waals surface area contributed by atoms with Gasteiger partial charge in [0.1, 0.15) is 5.75 Å². The molecule has 1 rings (SSSR count). The third-order valence-electron chi connectivity index (χ3n) is 2.56. The minimum Gasteiger partial charge on any atom is -0.493 e. The number of ether oxygens (including phenoxy) is 1.